The van der Waals surface area contributed by atoms with Gasteiger partial charge in [0.1, 0.15) is 22.6 Å². The molecule has 0 atom stereocenters. The summed E-state index contributed by atoms with van der Waals surface area (Å²) in [5, 5.41) is 0. The number of carbonyl (C=O) groups excluding carboxylic acids is 1. The van der Waals surface area contributed by atoms with Crippen LogP contribution in [-0.4, -0.2) is 32.8 Å². The number of thioether (sulfide) groups is 1. The lowest BCUT2D eigenvalue weighted by molar-refractivity contribution is -0.153. The molecule has 2 heterocycles. The molecule has 0 aliphatic heterocycles. The van der Waals surface area contributed by atoms with Gasteiger partial charge in [0.2, 0.25) is 0 Å². The molecule has 0 spiro atoms. The van der Waals surface area contributed by atoms with Crippen molar-refractivity contribution in [3.8, 4) is 11.5 Å². The fourth-order valence-electron chi connectivity index (χ4n) is 2.73. The number of rotatable bonds is 5. The van der Waals surface area contributed by atoms with Crippen LogP contribution < -0.4 is 10.3 Å². The highest BCUT2D eigenvalue weighted by atomic mass is 32.2. The molecule has 0 aliphatic carbocycles. The highest BCUT2D eigenvalue weighted by Crippen LogP contribution is 2.31. The van der Waals surface area contributed by atoms with E-state index in [9.17, 15) is 9.59 Å². The summed E-state index contributed by atoms with van der Waals surface area (Å²) in [6.07, 6.45) is 3.68. The summed E-state index contributed by atoms with van der Waals surface area (Å²) in [6, 6.07) is 7.22. The molecular formula is C21H23N3O4S. The number of hydrogen-bond acceptors (Lipinski definition) is 7. The smallest absolute Gasteiger partial charge is 0.310 e. The van der Waals surface area contributed by atoms with Crippen LogP contribution in [0.1, 0.15) is 32.0 Å². The SMILES string of the molecule is CSc1cc(Oc2ccnc3[nH]c(=O)c(C)nc23)ccc1CC(=O)OC(C)(C)C. The van der Waals surface area contributed by atoms with Crippen molar-refractivity contribution in [1.82, 2.24) is 15.0 Å². The van der Waals surface area contributed by atoms with Gasteiger partial charge in [0, 0.05) is 17.2 Å². The zero-order valence-electron chi connectivity index (χ0n) is 17.0. The van der Waals surface area contributed by atoms with Gasteiger partial charge in [-0.15, -0.1) is 11.8 Å². The third-order valence-corrected chi connectivity index (χ3v) is 4.79. The Kier molecular flexibility index (Phi) is 5.93. The summed E-state index contributed by atoms with van der Waals surface area (Å²) in [4.78, 5) is 36.0. The van der Waals surface area contributed by atoms with Crippen molar-refractivity contribution in [2.75, 3.05) is 6.26 Å². The number of H-pyrrole nitrogens is 1. The van der Waals surface area contributed by atoms with Crippen LogP contribution in [0, 0.1) is 6.92 Å². The van der Waals surface area contributed by atoms with Crippen LogP contribution in [0.2, 0.25) is 0 Å². The molecule has 8 heteroatoms. The summed E-state index contributed by atoms with van der Waals surface area (Å²) in [6.45, 7) is 7.17. The highest BCUT2D eigenvalue weighted by molar-refractivity contribution is 7.98. The quantitative estimate of drug-likeness (QED) is 0.498. The monoisotopic (exact) mass is 413 g/mol. The van der Waals surface area contributed by atoms with E-state index in [1.807, 2.05) is 39.2 Å². The average Bonchev–Trinajstić information content (AvgIpc) is 2.63. The minimum Gasteiger partial charge on any atom is -0.460 e. The Morgan fingerprint density at radius 3 is 2.69 bits per heavy atom. The maximum atomic E-state index is 12.2. The molecule has 7 nitrogen and oxygen atoms in total. The molecule has 0 fully saturated rings. The molecule has 0 saturated heterocycles. The van der Waals surface area contributed by atoms with Crippen molar-refractivity contribution >= 4 is 28.9 Å². The van der Waals surface area contributed by atoms with Gasteiger partial charge in [0.15, 0.2) is 11.4 Å². The maximum Gasteiger partial charge on any atom is 0.310 e. The predicted octanol–water partition coefficient (Wildman–Crippen LogP) is 4.02. The van der Waals surface area contributed by atoms with Crippen molar-refractivity contribution in [3.05, 3.63) is 52.1 Å². The van der Waals surface area contributed by atoms with Gasteiger partial charge in [-0.3, -0.25) is 9.59 Å². The van der Waals surface area contributed by atoms with E-state index in [4.69, 9.17) is 9.47 Å². The van der Waals surface area contributed by atoms with E-state index in [2.05, 4.69) is 15.0 Å². The number of fused-ring (bicyclic) bond motifs is 1. The zero-order valence-corrected chi connectivity index (χ0v) is 17.8. The van der Waals surface area contributed by atoms with Gasteiger partial charge in [0.25, 0.3) is 5.56 Å². The van der Waals surface area contributed by atoms with E-state index < -0.39 is 5.60 Å². The molecule has 29 heavy (non-hydrogen) atoms. The average molecular weight is 413 g/mol. The van der Waals surface area contributed by atoms with Crippen molar-refractivity contribution in [1.29, 1.82) is 0 Å². The Hall–Kier alpha value is -2.87. The number of hydrogen-bond donors (Lipinski definition) is 1. The topological polar surface area (TPSA) is 94.2 Å². The number of benzene rings is 1. The predicted molar refractivity (Wildman–Crippen MR) is 113 cm³/mol. The molecule has 0 unspecified atom stereocenters. The molecule has 0 saturated carbocycles. The van der Waals surface area contributed by atoms with Gasteiger partial charge in [-0.25, -0.2) is 9.97 Å². The van der Waals surface area contributed by atoms with Gasteiger partial charge in [-0.2, -0.15) is 0 Å². The molecule has 2 aromatic heterocycles. The highest BCUT2D eigenvalue weighted by Gasteiger charge is 2.18. The number of esters is 1. The van der Waals surface area contributed by atoms with E-state index >= 15 is 0 Å². The minimum atomic E-state index is -0.520. The second-order valence-electron chi connectivity index (χ2n) is 7.50. The van der Waals surface area contributed by atoms with E-state index in [0.29, 0.717) is 28.4 Å². The number of aromatic amines is 1. The molecule has 1 N–H and O–H groups in total. The fourth-order valence-corrected chi connectivity index (χ4v) is 3.37. The van der Waals surface area contributed by atoms with Crippen LogP contribution in [0.15, 0.2) is 40.2 Å². The van der Waals surface area contributed by atoms with Crippen LogP contribution in [0.3, 0.4) is 0 Å². The molecule has 3 aromatic rings. The van der Waals surface area contributed by atoms with Crippen LogP contribution in [0.25, 0.3) is 11.2 Å². The first kappa shape index (κ1) is 20.9. The molecule has 0 bridgehead atoms. The number of nitrogens with one attached hydrogen (secondary N) is 1. The molecular weight excluding hydrogens is 390 g/mol. The van der Waals surface area contributed by atoms with E-state index in [1.165, 1.54) is 11.8 Å². The number of nitrogens with zero attached hydrogens (tertiary/aromatic N) is 2. The number of aromatic nitrogens is 3. The van der Waals surface area contributed by atoms with Gasteiger partial charge in [0.05, 0.1) is 6.42 Å². The Morgan fingerprint density at radius 1 is 1.24 bits per heavy atom. The first-order valence-electron chi connectivity index (χ1n) is 9.08. The lowest BCUT2D eigenvalue weighted by atomic mass is 10.1. The lowest BCUT2D eigenvalue weighted by Crippen LogP contribution is -2.25. The summed E-state index contributed by atoms with van der Waals surface area (Å²) >= 11 is 1.52. The third-order valence-electron chi connectivity index (χ3n) is 3.97. The second kappa shape index (κ2) is 8.24. The Bertz CT molecular complexity index is 1120. The second-order valence-corrected chi connectivity index (χ2v) is 8.34. The van der Waals surface area contributed by atoms with E-state index in [-0.39, 0.29) is 17.9 Å². The normalized spacial score (nSPS) is 11.5. The lowest BCUT2D eigenvalue weighted by Gasteiger charge is -2.20. The summed E-state index contributed by atoms with van der Waals surface area (Å²) in [5.74, 6) is 0.812. The van der Waals surface area contributed by atoms with E-state index in [0.717, 1.165) is 10.5 Å². The number of carbonyl (C=O) groups is 1. The number of aryl methyl sites for hydroxylation is 1. The summed E-state index contributed by atoms with van der Waals surface area (Å²) in [7, 11) is 0. The van der Waals surface area contributed by atoms with E-state index in [1.54, 1.807) is 25.3 Å². The van der Waals surface area contributed by atoms with Crippen molar-refractivity contribution in [3.63, 3.8) is 0 Å². The Labute approximate surface area is 172 Å². The molecule has 0 amide bonds. The van der Waals surface area contributed by atoms with Crippen molar-refractivity contribution < 1.29 is 14.3 Å². The van der Waals surface area contributed by atoms with Gasteiger partial charge >= 0.3 is 5.97 Å². The Balaban J connectivity index is 1.88. The molecule has 1 aromatic carbocycles. The first-order chi connectivity index (χ1) is 13.7. The number of ether oxygens (including phenoxy) is 2. The van der Waals surface area contributed by atoms with Crippen molar-refractivity contribution in [2.24, 2.45) is 0 Å². The summed E-state index contributed by atoms with van der Waals surface area (Å²) < 4.78 is 11.4. The fraction of sp³-hybridized carbons (Fsp3) is 0.333. The number of pyridine rings is 1. The molecule has 0 aliphatic rings. The minimum absolute atomic E-state index is 0.188. The van der Waals surface area contributed by atoms with Crippen LogP contribution in [0.5, 0.6) is 11.5 Å². The molecule has 0 radical (unpaired) electrons. The van der Waals surface area contributed by atoms with Gasteiger partial charge < -0.3 is 14.5 Å². The standard InChI is InChI=1S/C21H23N3O4S/c1-12-20(26)24-19-18(23-12)15(8-9-22-19)27-14-7-6-13(16(11-14)29-5)10-17(25)28-21(2,3)4/h6-9,11H,10H2,1-5H3,(H,22,24,26). The first-order valence-corrected chi connectivity index (χ1v) is 10.3. The zero-order chi connectivity index (χ0) is 21.2. The van der Waals surface area contributed by atoms with Crippen LogP contribution in [-0.2, 0) is 16.0 Å². The van der Waals surface area contributed by atoms with Gasteiger partial charge in [-0.05, 0) is 51.6 Å². The maximum absolute atomic E-state index is 12.2. The van der Waals surface area contributed by atoms with Gasteiger partial charge in [-0.1, -0.05) is 6.07 Å². The largest absolute Gasteiger partial charge is 0.460 e. The van der Waals surface area contributed by atoms with Crippen LogP contribution >= 0.6 is 11.8 Å². The van der Waals surface area contributed by atoms with Crippen molar-refractivity contribution in [2.45, 2.75) is 44.6 Å². The molecule has 152 valence electrons. The van der Waals surface area contributed by atoms with Crippen LogP contribution in [0.4, 0.5) is 0 Å². The Morgan fingerprint density at radius 2 is 2.00 bits per heavy atom. The molecule has 3 rings (SSSR count). The third kappa shape index (κ3) is 5.14. The summed E-state index contributed by atoms with van der Waals surface area (Å²) in [5.41, 5.74) is 1.26.